The highest BCUT2D eigenvalue weighted by Crippen LogP contribution is 2.37. The van der Waals surface area contributed by atoms with Crippen LogP contribution >= 0.6 is 11.8 Å². The van der Waals surface area contributed by atoms with E-state index in [1.165, 1.54) is 11.8 Å². The molecule has 0 saturated carbocycles. The number of rotatable bonds is 2. The van der Waals surface area contributed by atoms with E-state index in [1.807, 2.05) is 0 Å². The van der Waals surface area contributed by atoms with E-state index in [1.54, 1.807) is 26.2 Å². The summed E-state index contributed by atoms with van der Waals surface area (Å²) in [5, 5.41) is 8.55. The van der Waals surface area contributed by atoms with Gasteiger partial charge >= 0.3 is 0 Å². The third-order valence-corrected chi connectivity index (χ3v) is 3.51. The Morgan fingerprint density at radius 3 is 2.07 bits per heavy atom. The first-order valence-corrected chi connectivity index (χ1v) is 5.59. The molecule has 0 N–H and O–H groups in total. The average Bonchev–Trinajstić information content (AvgIpc) is 2.16. The maximum Gasteiger partial charge on any atom is 0.132 e. The molecule has 0 aromatic heterocycles. The minimum Gasteiger partial charge on any atom is -0.206 e. The Morgan fingerprint density at radius 2 is 1.73 bits per heavy atom. The average molecular weight is 227 g/mol. The fourth-order valence-corrected chi connectivity index (χ4v) is 1.71. The molecular formula is C11H11F2NS. The van der Waals surface area contributed by atoms with Gasteiger partial charge in [0.1, 0.15) is 11.6 Å². The zero-order valence-corrected chi connectivity index (χ0v) is 9.58. The highest BCUT2D eigenvalue weighted by atomic mass is 32.2. The van der Waals surface area contributed by atoms with Crippen LogP contribution in [0.4, 0.5) is 8.78 Å². The summed E-state index contributed by atoms with van der Waals surface area (Å²) in [6, 6.07) is 3.85. The predicted molar refractivity (Wildman–Crippen MR) is 57.6 cm³/mol. The van der Waals surface area contributed by atoms with E-state index >= 15 is 0 Å². The van der Waals surface area contributed by atoms with Gasteiger partial charge in [0.25, 0.3) is 0 Å². The Morgan fingerprint density at radius 1 is 1.27 bits per heavy atom. The molecule has 1 aromatic rings. The minimum absolute atomic E-state index is 0.00523. The lowest BCUT2D eigenvalue weighted by molar-refractivity contribution is 0.529. The van der Waals surface area contributed by atoms with Crippen molar-refractivity contribution in [3.8, 4) is 6.07 Å². The number of thioether (sulfide) groups is 1. The van der Waals surface area contributed by atoms with E-state index in [0.29, 0.717) is 0 Å². The van der Waals surface area contributed by atoms with Crippen LogP contribution in [0.15, 0.2) is 12.1 Å². The number of halogens is 2. The summed E-state index contributed by atoms with van der Waals surface area (Å²) in [6.07, 6.45) is 1.79. The zero-order chi connectivity index (χ0) is 11.6. The number of nitriles is 1. The van der Waals surface area contributed by atoms with Gasteiger partial charge in [0, 0.05) is 10.3 Å². The molecule has 1 rings (SSSR count). The van der Waals surface area contributed by atoms with Crippen molar-refractivity contribution in [1.29, 1.82) is 5.26 Å². The molecule has 0 unspecified atom stereocenters. The second kappa shape index (κ2) is 4.19. The molecular weight excluding hydrogens is 216 g/mol. The molecule has 0 amide bonds. The van der Waals surface area contributed by atoms with E-state index in [0.717, 1.165) is 12.1 Å². The smallest absolute Gasteiger partial charge is 0.132 e. The van der Waals surface area contributed by atoms with Crippen molar-refractivity contribution in [1.82, 2.24) is 0 Å². The molecule has 80 valence electrons. The first-order chi connectivity index (χ1) is 6.92. The summed E-state index contributed by atoms with van der Waals surface area (Å²) in [5.74, 6) is -1.32. The molecule has 0 aliphatic rings. The monoisotopic (exact) mass is 227 g/mol. The van der Waals surface area contributed by atoms with Gasteiger partial charge in [-0.1, -0.05) is 0 Å². The van der Waals surface area contributed by atoms with Gasteiger partial charge in [0.2, 0.25) is 0 Å². The SMILES string of the molecule is CSC(C)(C)c1c(F)cc(C#N)cc1F. The maximum atomic E-state index is 13.6. The van der Waals surface area contributed by atoms with E-state index < -0.39 is 16.4 Å². The van der Waals surface area contributed by atoms with Gasteiger partial charge < -0.3 is 0 Å². The lowest BCUT2D eigenvalue weighted by Crippen LogP contribution is -2.16. The summed E-state index contributed by atoms with van der Waals surface area (Å²) >= 11 is 1.36. The first kappa shape index (κ1) is 12.0. The molecule has 0 aliphatic heterocycles. The van der Waals surface area contributed by atoms with Crippen molar-refractivity contribution in [2.24, 2.45) is 0 Å². The van der Waals surface area contributed by atoms with E-state index in [4.69, 9.17) is 5.26 Å². The molecule has 0 radical (unpaired) electrons. The van der Waals surface area contributed by atoms with Crippen LogP contribution in [0.2, 0.25) is 0 Å². The summed E-state index contributed by atoms with van der Waals surface area (Å²) in [4.78, 5) is 0. The van der Waals surface area contributed by atoms with Crippen molar-refractivity contribution in [3.63, 3.8) is 0 Å². The van der Waals surface area contributed by atoms with Crippen LogP contribution in [0.5, 0.6) is 0 Å². The van der Waals surface area contributed by atoms with Gasteiger partial charge in [-0.25, -0.2) is 8.78 Å². The second-order valence-electron chi connectivity index (χ2n) is 3.64. The quantitative estimate of drug-likeness (QED) is 0.772. The number of nitrogens with zero attached hydrogens (tertiary/aromatic N) is 1. The van der Waals surface area contributed by atoms with Gasteiger partial charge in [-0.05, 0) is 32.2 Å². The normalized spacial score (nSPS) is 11.2. The van der Waals surface area contributed by atoms with Crippen molar-refractivity contribution in [2.75, 3.05) is 6.26 Å². The predicted octanol–water partition coefficient (Wildman–Crippen LogP) is 3.43. The molecule has 0 bridgehead atoms. The third-order valence-electron chi connectivity index (χ3n) is 2.28. The summed E-state index contributed by atoms with van der Waals surface area (Å²) < 4.78 is 26.5. The van der Waals surface area contributed by atoms with Crippen LogP contribution in [0, 0.1) is 23.0 Å². The van der Waals surface area contributed by atoms with Crippen LogP contribution in [-0.2, 0) is 4.75 Å². The zero-order valence-electron chi connectivity index (χ0n) is 8.77. The van der Waals surface area contributed by atoms with Crippen molar-refractivity contribution < 1.29 is 8.78 Å². The van der Waals surface area contributed by atoms with E-state index in [-0.39, 0.29) is 11.1 Å². The fraction of sp³-hybridized carbons (Fsp3) is 0.364. The van der Waals surface area contributed by atoms with E-state index in [2.05, 4.69) is 0 Å². The number of hydrogen-bond donors (Lipinski definition) is 0. The second-order valence-corrected chi connectivity index (χ2v) is 5.07. The molecule has 15 heavy (non-hydrogen) atoms. The number of hydrogen-bond acceptors (Lipinski definition) is 2. The largest absolute Gasteiger partial charge is 0.206 e. The molecule has 0 spiro atoms. The van der Waals surface area contributed by atoms with Crippen molar-refractivity contribution in [2.45, 2.75) is 18.6 Å². The summed E-state index contributed by atoms with van der Waals surface area (Å²) in [7, 11) is 0. The highest BCUT2D eigenvalue weighted by Gasteiger charge is 2.27. The Hall–Kier alpha value is -1.08. The first-order valence-electron chi connectivity index (χ1n) is 4.37. The Labute approximate surface area is 92.1 Å². The molecule has 0 atom stereocenters. The third kappa shape index (κ3) is 2.29. The van der Waals surface area contributed by atoms with Gasteiger partial charge in [-0.15, -0.1) is 0 Å². The number of benzene rings is 1. The molecule has 0 saturated heterocycles. The van der Waals surface area contributed by atoms with Crippen molar-refractivity contribution >= 4 is 11.8 Å². The Bertz CT molecular complexity index is 398. The van der Waals surface area contributed by atoms with Crippen LogP contribution < -0.4 is 0 Å². The van der Waals surface area contributed by atoms with Crippen LogP contribution in [-0.4, -0.2) is 6.26 Å². The van der Waals surface area contributed by atoms with Crippen molar-refractivity contribution in [3.05, 3.63) is 34.9 Å². The summed E-state index contributed by atoms with van der Waals surface area (Å²) in [5.41, 5.74) is 0.0275. The lowest BCUT2D eigenvalue weighted by Gasteiger charge is -2.23. The van der Waals surface area contributed by atoms with Gasteiger partial charge in [0.05, 0.1) is 11.6 Å². The topological polar surface area (TPSA) is 23.8 Å². The molecule has 1 nitrogen and oxygen atoms in total. The lowest BCUT2D eigenvalue weighted by atomic mass is 9.99. The van der Waals surface area contributed by atoms with Crippen LogP contribution in [0.25, 0.3) is 0 Å². The highest BCUT2D eigenvalue weighted by molar-refractivity contribution is 7.99. The Balaban J connectivity index is 3.39. The van der Waals surface area contributed by atoms with Crippen LogP contribution in [0.3, 0.4) is 0 Å². The Kier molecular flexibility index (Phi) is 3.35. The standard InChI is InChI=1S/C11H11F2NS/c1-11(2,15-3)10-8(12)4-7(6-14)5-9(10)13/h4-5H,1-3H3. The maximum absolute atomic E-state index is 13.6. The molecule has 0 aliphatic carbocycles. The molecule has 4 heteroatoms. The summed E-state index contributed by atoms with van der Waals surface area (Å²) in [6.45, 7) is 3.48. The minimum atomic E-state index is -0.661. The van der Waals surface area contributed by atoms with Gasteiger partial charge in [-0.3, -0.25) is 0 Å². The van der Waals surface area contributed by atoms with Crippen LogP contribution in [0.1, 0.15) is 25.0 Å². The molecule has 1 aromatic carbocycles. The molecule has 0 fully saturated rings. The van der Waals surface area contributed by atoms with Gasteiger partial charge in [0.15, 0.2) is 0 Å². The van der Waals surface area contributed by atoms with Gasteiger partial charge in [-0.2, -0.15) is 17.0 Å². The molecule has 0 heterocycles. The van der Waals surface area contributed by atoms with E-state index in [9.17, 15) is 8.78 Å². The fourth-order valence-electron chi connectivity index (χ4n) is 1.31.